The molecular formula is C12H18N4O3. The summed E-state index contributed by atoms with van der Waals surface area (Å²) in [6.45, 7) is 5.09. The fourth-order valence-corrected chi connectivity index (χ4v) is 1.30. The van der Waals surface area contributed by atoms with Gasteiger partial charge in [0, 0.05) is 0 Å². The highest BCUT2D eigenvalue weighted by Gasteiger charge is 2.27. The average molecular weight is 266 g/mol. The molecule has 1 heterocycles. The van der Waals surface area contributed by atoms with E-state index >= 15 is 0 Å². The highest BCUT2D eigenvalue weighted by Crippen LogP contribution is 2.20. The fraction of sp³-hybridized carbons (Fsp3) is 0.417. The molecule has 1 amide bonds. The first-order chi connectivity index (χ1) is 8.77. The number of nitrogen functional groups attached to an aromatic ring is 1. The topological polar surface area (TPSA) is 120 Å². The molecule has 0 spiro atoms. The summed E-state index contributed by atoms with van der Waals surface area (Å²) in [5.41, 5.74) is 10.3. The maximum atomic E-state index is 11.8. The van der Waals surface area contributed by atoms with Crippen molar-refractivity contribution in [2.24, 2.45) is 5.73 Å². The molecule has 0 aliphatic heterocycles. The van der Waals surface area contributed by atoms with Crippen LogP contribution < -0.4 is 16.8 Å². The number of rotatable bonds is 5. The number of primary amides is 1. The van der Waals surface area contributed by atoms with Crippen molar-refractivity contribution in [3.8, 4) is 0 Å². The summed E-state index contributed by atoms with van der Waals surface area (Å²) in [5, 5.41) is 2.81. The maximum Gasteiger partial charge on any atom is 0.341 e. The van der Waals surface area contributed by atoms with Crippen molar-refractivity contribution in [1.29, 1.82) is 0 Å². The molecule has 0 aliphatic rings. The number of anilines is 2. The van der Waals surface area contributed by atoms with Gasteiger partial charge in [-0.15, -0.1) is 0 Å². The number of carbonyl (C=O) groups is 2. The summed E-state index contributed by atoms with van der Waals surface area (Å²) >= 11 is 0. The van der Waals surface area contributed by atoms with Crippen LogP contribution in [0.15, 0.2) is 12.3 Å². The van der Waals surface area contributed by atoms with E-state index in [0.29, 0.717) is 5.69 Å². The largest absolute Gasteiger partial charge is 0.462 e. The number of nitrogens with zero attached hydrogens (tertiary/aromatic N) is 1. The molecule has 5 N–H and O–H groups in total. The van der Waals surface area contributed by atoms with Crippen molar-refractivity contribution in [2.75, 3.05) is 17.7 Å². The molecule has 0 fully saturated rings. The Kier molecular flexibility index (Phi) is 4.31. The van der Waals surface area contributed by atoms with Gasteiger partial charge in [-0.25, -0.2) is 9.78 Å². The van der Waals surface area contributed by atoms with Crippen molar-refractivity contribution >= 4 is 23.4 Å². The Morgan fingerprint density at radius 1 is 1.47 bits per heavy atom. The Labute approximate surface area is 111 Å². The molecule has 7 heteroatoms. The second-order valence-corrected chi connectivity index (χ2v) is 4.50. The van der Waals surface area contributed by atoms with E-state index in [9.17, 15) is 9.59 Å². The van der Waals surface area contributed by atoms with Gasteiger partial charge in [0.25, 0.3) is 0 Å². The van der Waals surface area contributed by atoms with Gasteiger partial charge in [0.2, 0.25) is 5.91 Å². The van der Waals surface area contributed by atoms with Gasteiger partial charge in [-0.1, -0.05) is 0 Å². The van der Waals surface area contributed by atoms with Crippen molar-refractivity contribution in [3.05, 3.63) is 17.8 Å². The summed E-state index contributed by atoms with van der Waals surface area (Å²) < 4.78 is 4.91. The number of hydrogen-bond donors (Lipinski definition) is 3. The van der Waals surface area contributed by atoms with Crippen LogP contribution in [-0.4, -0.2) is 29.0 Å². The van der Waals surface area contributed by atoms with Crippen LogP contribution in [0.2, 0.25) is 0 Å². The van der Waals surface area contributed by atoms with Gasteiger partial charge in [0.05, 0.1) is 18.5 Å². The molecule has 7 nitrogen and oxygen atoms in total. The minimum Gasteiger partial charge on any atom is -0.462 e. The lowest BCUT2D eigenvalue weighted by Gasteiger charge is -2.24. The smallest absolute Gasteiger partial charge is 0.341 e. The first kappa shape index (κ1) is 14.7. The van der Waals surface area contributed by atoms with Crippen LogP contribution in [-0.2, 0) is 9.53 Å². The zero-order valence-corrected chi connectivity index (χ0v) is 11.2. The van der Waals surface area contributed by atoms with Crippen LogP contribution in [0.3, 0.4) is 0 Å². The second kappa shape index (κ2) is 5.55. The zero-order valence-electron chi connectivity index (χ0n) is 11.2. The highest BCUT2D eigenvalue weighted by molar-refractivity contribution is 5.97. The molecule has 0 aromatic carbocycles. The molecule has 0 aliphatic carbocycles. The van der Waals surface area contributed by atoms with Crippen LogP contribution in [0.1, 0.15) is 31.1 Å². The molecule has 0 radical (unpaired) electrons. The number of pyridine rings is 1. The minimum atomic E-state index is -1.05. The molecule has 104 valence electrons. The van der Waals surface area contributed by atoms with E-state index in [1.807, 2.05) is 0 Å². The van der Waals surface area contributed by atoms with Crippen LogP contribution >= 0.6 is 0 Å². The van der Waals surface area contributed by atoms with Crippen molar-refractivity contribution in [1.82, 2.24) is 4.98 Å². The lowest BCUT2D eigenvalue weighted by Crippen LogP contribution is -2.45. The normalized spacial score (nSPS) is 10.9. The molecule has 0 bridgehead atoms. The Balaban J connectivity index is 3.14. The van der Waals surface area contributed by atoms with Gasteiger partial charge in [-0.05, 0) is 26.8 Å². The molecule has 1 rings (SSSR count). The molecule has 19 heavy (non-hydrogen) atoms. The summed E-state index contributed by atoms with van der Waals surface area (Å²) in [4.78, 5) is 27.1. The SMILES string of the molecule is CCOC(=O)c1cc(N)cnc1NC(C)(C)C(N)=O. The molecule has 0 saturated carbocycles. The highest BCUT2D eigenvalue weighted by atomic mass is 16.5. The minimum absolute atomic E-state index is 0.163. The van der Waals surface area contributed by atoms with Crippen LogP contribution in [0.25, 0.3) is 0 Å². The van der Waals surface area contributed by atoms with Crippen LogP contribution in [0.4, 0.5) is 11.5 Å². The van der Waals surface area contributed by atoms with E-state index in [-0.39, 0.29) is 18.0 Å². The van der Waals surface area contributed by atoms with Gasteiger partial charge < -0.3 is 21.5 Å². The Hall–Kier alpha value is -2.31. The molecule has 0 saturated heterocycles. The average Bonchev–Trinajstić information content (AvgIpc) is 2.31. The van der Waals surface area contributed by atoms with Gasteiger partial charge in [0.15, 0.2) is 0 Å². The van der Waals surface area contributed by atoms with Gasteiger partial charge in [0.1, 0.15) is 16.9 Å². The number of aromatic nitrogens is 1. The third kappa shape index (κ3) is 3.57. The number of nitrogens with two attached hydrogens (primary N) is 2. The van der Waals surface area contributed by atoms with Gasteiger partial charge in [-0.2, -0.15) is 0 Å². The van der Waals surface area contributed by atoms with E-state index < -0.39 is 17.4 Å². The second-order valence-electron chi connectivity index (χ2n) is 4.50. The Morgan fingerprint density at radius 3 is 2.63 bits per heavy atom. The first-order valence-electron chi connectivity index (χ1n) is 5.78. The van der Waals surface area contributed by atoms with Crippen LogP contribution in [0, 0.1) is 0 Å². The molecular weight excluding hydrogens is 248 g/mol. The Morgan fingerprint density at radius 2 is 2.11 bits per heavy atom. The third-order valence-corrected chi connectivity index (χ3v) is 2.45. The predicted octanol–water partition coefficient (Wildman–Crippen LogP) is 0.516. The van der Waals surface area contributed by atoms with E-state index in [1.165, 1.54) is 12.3 Å². The lowest BCUT2D eigenvalue weighted by molar-refractivity contribution is -0.121. The summed E-state index contributed by atoms with van der Waals surface area (Å²) in [6.07, 6.45) is 1.38. The fourth-order valence-electron chi connectivity index (χ4n) is 1.30. The third-order valence-electron chi connectivity index (χ3n) is 2.45. The standard InChI is InChI=1S/C12H18N4O3/c1-4-19-10(17)8-5-7(13)6-15-9(8)16-12(2,3)11(14)18/h5-6H,4,13H2,1-3H3,(H2,14,18)(H,15,16). The summed E-state index contributed by atoms with van der Waals surface area (Å²) in [5.74, 6) is -0.928. The number of ether oxygens (including phenoxy) is 1. The quantitative estimate of drug-likeness (QED) is 0.668. The first-order valence-corrected chi connectivity index (χ1v) is 5.78. The van der Waals surface area contributed by atoms with E-state index in [2.05, 4.69) is 10.3 Å². The summed E-state index contributed by atoms with van der Waals surface area (Å²) in [6, 6.07) is 1.43. The van der Waals surface area contributed by atoms with Crippen molar-refractivity contribution in [2.45, 2.75) is 26.3 Å². The molecule has 0 unspecified atom stereocenters. The number of amides is 1. The van der Waals surface area contributed by atoms with E-state index in [0.717, 1.165) is 0 Å². The van der Waals surface area contributed by atoms with Crippen LogP contribution in [0.5, 0.6) is 0 Å². The zero-order chi connectivity index (χ0) is 14.6. The number of carbonyl (C=O) groups excluding carboxylic acids is 2. The van der Waals surface area contributed by atoms with Crippen molar-refractivity contribution < 1.29 is 14.3 Å². The monoisotopic (exact) mass is 266 g/mol. The summed E-state index contributed by atoms with van der Waals surface area (Å²) in [7, 11) is 0. The number of nitrogens with one attached hydrogen (secondary N) is 1. The number of hydrogen-bond acceptors (Lipinski definition) is 6. The maximum absolute atomic E-state index is 11.8. The van der Waals surface area contributed by atoms with Gasteiger partial charge >= 0.3 is 5.97 Å². The Bertz CT molecular complexity index is 500. The number of esters is 1. The van der Waals surface area contributed by atoms with E-state index in [1.54, 1.807) is 20.8 Å². The van der Waals surface area contributed by atoms with Gasteiger partial charge in [-0.3, -0.25) is 4.79 Å². The lowest BCUT2D eigenvalue weighted by atomic mass is 10.0. The predicted molar refractivity (Wildman–Crippen MR) is 71.5 cm³/mol. The molecule has 0 atom stereocenters. The van der Waals surface area contributed by atoms with E-state index in [4.69, 9.17) is 16.2 Å². The van der Waals surface area contributed by atoms with Crippen molar-refractivity contribution in [3.63, 3.8) is 0 Å². The molecule has 1 aromatic rings. The molecule has 1 aromatic heterocycles.